The summed E-state index contributed by atoms with van der Waals surface area (Å²) in [6.45, 7) is 5.51. The molecule has 1 amide bonds. The Balaban J connectivity index is 2.71. The zero-order valence-electron chi connectivity index (χ0n) is 13.4. The molecular formula is C16H26N2O3. The average molecular weight is 294 g/mol. The number of carbonyl (C=O) groups excluding carboxylic acids is 1. The number of hydrogen-bond donors (Lipinski definition) is 2. The van der Waals surface area contributed by atoms with Crippen LogP contribution in [0.3, 0.4) is 0 Å². The van der Waals surface area contributed by atoms with Crippen molar-refractivity contribution >= 4 is 5.91 Å². The molecule has 0 heterocycles. The van der Waals surface area contributed by atoms with Gasteiger partial charge in [-0.15, -0.1) is 0 Å². The van der Waals surface area contributed by atoms with Crippen molar-refractivity contribution in [2.75, 3.05) is 27.3 Å². The Kier molecular flexibility index (Phi) is 6.49. The van der Waals surface area contributed by atoms with E-state index in [4.69, 9.17) is 15.2 Å². The zero-order chi connectivity index (χ0) is 15.9. The molecule has 1 aromatic rings. The summed E-state index contributed by atoms with van der Waals surface area (Å²) < 4.78 is 10.3. The molecule has 118 valence electrons. The first-order valence-corrected chi connectivity index (χ1v) is 7.13. The van der Waals surface area contributed by atoms with Crippen LogP contribution in [-0.2, 0) is 0 Å². The highest BCUT2D eigenvalue weighted by Gasteiger charge is 2.19. The van der Waals surface area contributed by atoms with E-state index in [2.05, 4.69) is 19.2 Å². The Morgan fingerprint density at radius 1 is 1.19 bits per heavy atom. The highest BCUT2D eigenvalue weighted by Crippen LogP contribution is 2.23. The van der Waals surface area contributed by atoms with Crippen LogP contribution in [0.1, 0.15) is 37.0 Å². The van der Waals surface area contributed by atoms with Crippen molar-refractivity contribution in [2.24, 2.45) is 11.1 Å². The summed E-state index contributed by atoms with van der Waals surface area (Å²) in [5, 5.41) is 2.96. The van der Waals surface area contributed by atoms with Gasteiger partial charge in [0.05, 0.1) is 14.2 Å². The average Bonchev–Trinajstić information content (AvgIpc) is 2.50. The van der Waals surface area contributed by atoms with Gasteiger partial charge in [-0.1, -0.05) is 13.8 Å². The molecule has 0 saturated carbocycles. The second-order valence-corrected chi connectivity index (χ2v) is 5.84. The molecule has 5 heteroatoms. The minimum absolute atomic E-state index is 0.0258. The predicted molar refractivity (Wildman–Crippen MR) is 83.9 cm³/mol. The number of nitrogens with two attached hydrogens (primary N) is 1. The van der Waals surface area contributed by atoms with Crippen LogP contribution >= 0.6 is 0 Å². The van der Waals surface area contributed by atoms with E-state index in [0.717, 1.165) is 12.8 Å². The molecule has 0 saturated heterocycles. The van der Waals surface area contributed by atoms with Crippen LogP contribution in [0.15, 0.2) is 18.2 Å². The van der Waals surface area contributed by atoms with Gasteiger partial charge >= 0.3 is 0 Å². The maximum atomic E-state index is 12.3. The maximum absolute atomic E-state index is 12.3. The number of rotatable bonds is 8. The molecule has 5 nitrogen and oxygen atoms in total. The van der Waals surface area contributed by atoms with Gasteiger partial charge in [-0.3, -0.25) is 4.79 Å². The first-order chi connectivity index (χ1) is 9.91. The molecule has 0 aliphatic heterocycles. The number of nitrogens with one attached hydrogen (secondary N) is 1. The fraction of sp³-hybridized carbons (Fsp3) is 0.562. The van der Waals surface area contributed by atoms with E-state index < -0.39 is 0 Å². The molecule has 0 radical (unpaired) electrons. The molecule has 0 bridgehead atoms. The second kappa shape index (κ2) is 7.88. The van der Waals surface area contributed by atoms with E-state index in [-0.39, 0.29) is 11.3 Å². The summed E-state index contributed by atoms with van der Waals surface area (Å²) in [6.07, 6.45) is 1.93. The lowest BCUT2D eigenvalue weighted by Crippen LogP contribution is -2.34. The van der Waals surface area contributed by atoms with Crippen molar-refractivity contribution in [3.05, 3.63) is 23.8 Å². The maximum Gasteiger partial charge on any atom is 0.251 e. The Labute approximate surface area is 126 Å². The van der Waals surface area contributed by atoms with Crippen molar-refractivity contribution in [3.8, 4) is 11.5 Å². The third-order valence-corrected chi connectivity index (χ3v) is 3.40. The fourth-order valence-corrected chi connectivity index (χ4v) is 2.03. The van der Waals surface area contributed by atoms with Gasteiger partial charge in [0, 0.05) is 18.2 Å². The molecule has 0 aliphatic rings. The van der Waals surface area contributed by atoms with Gasteiger partial charge in [-0.2, -0.15) is 0 Å². The summed E-state index contributed by atoms with van der Waals surface area (Å²) in [6, 6.07) is 5.14. The lowest BCUT2D eigenvalue weighted by atomic mass is 9.87. The Morgan fingerprint density at radius 2 is 1.76 bits per heavy atom. The van der Waals surface area contributed by atoms with Crippen LogP contribution in [0.25, 0.3) is 0 Å². The minimum Gasteiger partial charge on any atom is -0.497 e. The van der Waals surface area contributed by atoms with Crippen LogP contribution in [0.5, 0.6) is 11.5 Å². The summed E-state index contributed by atoms with van der Waals surface area (Å²) in [7, 11) is 3.12. The van der Waals surface area contributed by atoms with Crippen molar-refractivity contribution in [3.63, 3.8) is 0 Å². The molecule has 1 aromatic carbocycles. The third-order valence-electron chi connectivity index (χ3n) is 3.40. The summed E-state index contributed by atoms with van der Waals surface area (Å²) in [5.41, 5.74) is 6.09. The van der Waals surface area contributed by atoms with Gasteiger partial charge in [0.1, 0.15) is 11.5 Å². The van der Waals surface area contributed by atoms with Gasteiger partial charge in [0.2, 0.25) is 0 Å². The van der Waals surface area contributed by atoms with Gasteiger partial charge in [-0.25, -0.2) is 0 Å². The fourth-order valence-electron chi connectivity index (χ4n) is 2.03. The topological polar surface area (TPSA) is 73.6 Å². The Bertz CT molecular complexity index is 450. The number of amides is 1. The van der Waals surface area contributed by atoms with Gasteiger partial charge in [-0.05, 0) is 36.9 Å². The van der Waals surface area contributed by atoms with E-state index in [1.165, 1.54) is 0 Å². The number of benzene rings is 1. The Morgan fingerprint density at radius 3 is 2.24 bits per heavy atom. The monoisotopic (exact) mass is 294 g/mol. The van der Waals surface area contributed by atoms with E-state index in [0.29, 0.717) is 30.2 Å². The van der Waals surface area contributed by atoms with Crippen molar-refractivity contribution < 1.29 is 14.3 Å². The van der Waals surface area contributed by atoms with E-state index in [1.54, 1.807) is 32.4 Å². The molecule has 1 rings (SSSR count). The molecule has 0 aromatic heterocycles. The molecule has 3 N–H and O–H groups in total. The highest BCUT2D eigenvalue weighted by atomic mass is 16.5. The van der Waals surface area contributed by atoms with Gasteiger partial charge in [0.25, 0.3) is 5.91 Å². The van der Waals surface area contributed by atoms with E-state index >= 15 is 0 Å². The normalized spacial score (nSPS) is 11.1. The first-order valence-electron chi connectivity index (χ1n) is 7.13. The summed E-state index contributed by atoms with van der Waals surface area (Å²) in [5.74, 6) is 1.07. The zero-order valence-corrected chi connectivity index (χ0v) is 13.4. The second-order valence-electron chi connectivity index (χ2n) is 5.84. The van der Waals surface area contributed by atoms with Crippen LogP contribution in [0.4, 0.5) is 0 Å². The summed E-state index contributed by atoms with van der Waals surface area (Å²) in [4.78, 5) is 12.3. The van der Waals surface area contributed by atoms with Crippen LogP contribution in [0.2, 0.25) is 0 Å². The lowest BCUT2D eigenvalue weighted by Gasteiger charge is -2.24. The molecule has 0 atom stereocenters. The van der Waals surface area contributed by atoms with Crippen molar-refractivity contribution in [1.82, 2.24) is 5.32 Å². The molecule has 21 heavy (non-hydrogen) atoms. The number of hydrogen-bond acceptors (Lipinski definition) is 4. The smallest absolute Gasteiger partial charge is 0.251 e. The number of methoxy groups -OCH3 is 2. The van der Waals surface area contributed by atoms with Crippen molar-refractivity contribution in [2.45, 2.75) is 26.7 Å². The van der Waals surface area contributed by atoms with Crippen LogP contribution < -0.4 is 20.5 Å². The molecule has 0 fully saturated rings. The standard InChI is InChI=1S/C16H26N2O3/c1-16(2,6-5-7-17)11-18-15(19)12-8-13(20-3)10-14(9-12)21-4/h8-10H,5-7,11,17H2,1-4H3,(H,18,19). The molecular weight excluding hydrogens is 268 g/mol. The van der Waals surface area contributed by atoms with Crippen molar-refractivity contribution in [1.29, 1.82) is 0 Å². The van der Waals surface area contributed by atoms with E-state index in [1.807, 2.05) is 0 Å². The minimum atomic E-state index is -0.131. The van der Waals surface area contributed by atoms with Gasteiger partial charge in [0.15, 0.2) is 0 Å². The SMILES string of the molecule is COc1cc(OC)cc(C(=O)NCC(C)(C)CCCN)c1. The largest absolute Gasteiger partial charge is 0.497 e. The number of carbonyl (C=O) groups is 1. The van der Waals surface area contributed by atoms with Crippen LogP contribution in [0, 0.1) is 5.41 Å². The predicted octanol–water partition coefficient (Wildman–Crippen LogP) is 2.20. The van der Waals surface area contributed by atoms with Gasteiger partial charge < -0.3 is 20.5 Å². The first kappa shape index (κ1) is 17.3. The molecule has 0 unspecified atom stereocenters. The highest BCUT2D eigenvalue weighted by molar-refractivity contribution is 5.95. The summed E-state index contributed by atoms with van der Waals surface area (Å²) >= 11 is 0. The van der Waals surface area contributed by atoms with E-state index in [9.17, 15) is 4.79 Å². The Hall–Kier alpha value is -1.75. The molecule has 0 aliphatic carbocycles. The third kappa shape index (κ3) is 5.63. The van der Waals surface area contributed by atoms with Crippen LogP contribution in [-0.4, -0.2) is 33.2 Å². The number of ether oxygens (including phenoxy) is 2. The molecule has 0 spiro atoms. The lowest BCUT2D eigenvalue weighted by molar-refractivity contribution is 0.0933. The quantitative estimate of drug-likeness (QED) is 0.771.